The monoisotopic (exact) mass is 328 g/mol. The number of β-amino-alcohol motifs (C(OH)–C–C–N with tert-alkyl or cyclic N) is 2. The topological polar surface area (TPSA) is 56.2 Å². The number of ether oxygens (including phenoxy) is 1. The van der Waals surface area contributed by atoms with Crippen LogP contribution in [0.2, 0.25) is 5.02 Å². The number of aliphatic hydroxyl groups is 2. The van der Waals surface area contributed by atoms with Crippen molar-refractivity contribution in [2.24, 2.45) is 0 Å². The van der Waals surface area contributed by atoms with Gasteiger partial charge < -0.3 is 14.9 Å². The maximum Gasteiger partial charge on any atom is 0.122 e. The molecule has 0 saturated carbocycles. The first-order valence-corrected chi connectivity index (χ1v) is 8.09. The van der Waals surface area contributed by atoms with Gasteiger partial charge in [-0.25, -0.2) is 0 Å². The summed E-state index contributed by atoms with van der Waals surface area (Å²) in [5, 5.41) is 19.7. The summed E-state index contributed by atoms with van der Waals surface area (Å²) in [4.78, 5) is 4.47. The van der Waals surface area contributed by atoms with E-state index < -0.39 is 6.10 Å². The van der Waals surface area contributed by atoms with Crippen LogP contribution in [0.3, 0.4) is 0 Å². The lowest BCUT2D eigenvalue weighted by atomic mass is 10.2. The number of nitrogens with zero attached hydrogens (tertiary/aromatic N) is 2. The van der Waals surface area contributed by atoms with E-state index in [2.05, 4.69) is 9.80 Å². The van der Waals surface area contributed by atoms with Crippen molar-refractivity contribution in [3.8, 4) is 5.75 Å². The molecule has 1 aliphatic heterocycles. The van der Waals surface area contributed by atoms with Crippen molar-refractivity contribution in [2.45, 2.75) is 13.0 Å². The Morgan fingerprint density at radius 2 is 1.91 bits per heavy atom. The molecule has 1 heterocycles. The lowest BCUT2D eigenvalue weighted by Crippen LogP contribution is -2.49. The van der Waals surface area contributed by atoms with Crippen molar-refractivity contribution < 1.29 is 14.9 Å². The van der Waals surface area contributed by atoms with Gasteiger partial charge in [-0.3, -0.25) is 9.80 Å². The molecule has 0 aromatic heterocycles. The molecule has 0 radical (unpaired) electrons. The van der Waals surface area contributed by atoms with Gasteiger partial charge >= 0.3 is 0 Å². The third kappa shape index (κ3) is 5.41. The van der Waals surface area contributed by atoms with Gasteiger partial charge in [0.25, 0.3) is 0 Å². The number of aryl methyl sites for hydroxylation is 1. The van der Waals surface area contributed by atoms with Crippen molar-refractivity contribution in [1.82, 2.24) is 9.80 Å². The summed E-state index contributed by atoms with van der Waals surface area (Å²) in [7, 11) is 0. The first-order chi connectivity index (χ1) is 10.6. The quantitative estimate of drug-likeness (QED) is 0.782. The number of piperazine rings is 1. The summed E-state index contributed by atoms with van der Waals surface area (Å²) in [6, 6.07) is 5.47. The second kappa shape index (κ2) is 8.70. The van der Waals surface area contributed by atoms with Crippen molar-refractivity contribution in [2.75, 3.05) is 52.5 Å². The minimum atomic E-state index is -0.514. The lowest BCUT2D eigenvalue weighted by molar-refractivity contribution is 0.0427. The zero-order valence-corrected chi connectivity index (χ0v) is 13.8. The highest BCUT2D eigenvalue weighted by atomic mass is 35.5. The average molecular weight is 329 g/mol. The molecule has 124 valence electrons. The molecule has 0 spiro atoms. The van der Waals surface area contributed by atoms with E-state index in [0.29, 0.717) is 11.6 Å². The van der Waals surface area contributed by atoms with Gasteiger partial charge in [0.2, 0.25) is 0 Å². The van der Waals surface area contributed by atoms with Gasteiger partial charge in [0.15, 0.2) is 0 Å². The summed E-state index contributed by atoms with van der Waals surface area (Å²) in [6.07, 6.45) is -0.514. The fraction of sp³-hybridized carbons (Fsp3) is 0.625. The molecule has 1 atom stereocenters. The summed E-state index contributed by atoms with van der Waals surface area (Å²) < 4.78 is 5.68. The molecule has 1 unspecified atom stereocenters. The number of benzene rings is 1. The molecule has 1 aromatic carbocycles. The Bertz CT molecular complexity index is 465. The van der Waals surface area contributed by atoms with Crippen LogP contribution in [0, 0.1) is 6.92 Å². The predicted octanol–water partition coefficient (Wildman–Crippen LogP) is 0.998. The number of rotatable bonds is 7. The van der Waals surface area contributed by atoms with Gasteiger partial charge in [0, 0.05) is 44.3 Å². The van der Waals surface area contributed by atoms with Gasteiger partial charge in [-0.2, -0.15) is 0 Å². The van der Waals surface area contributed by atoms with Crippen molar-refractivity contribution in [1.29, 1.82) is 0 Å². The molecular formula is C16H25ClN2O3. The smallest absolute Gasteiger partial charge is 0.122 e. The van der Waals surface area contributed by atoms with Crippen LogP contribution in [-0.2, 0) is 0 Å². The minimum Gasteiger partial charge on any atom is -0.491 e. The Kier molecular flexibility index (Phi) is 6.92. The van der Waals surface area contributed by atoms with E-state index in [1.165, 1.54) is 0 Å². The largest absolute Gasteiger partial charge is 0.491 e. The molecule has 6 heteroatoms. The lowest BCUT2D eigenvalue weighted by Gasteiger charge is -2.35. The van der Waals surface area contributed by atoms with E-state index in [9.17, 15) is 5.11 Å². The molecule has 1 fully saturated rings. The summed E-state index contributed by atoms with van der Waals surface area (Å²) in [5.41, 5.74) is 0.970. The van der Waals surface area contributed by atoms with Crippen LogP contribution < -0.4 is 4.74 Å². The van der Waals surface area contributed by atoms with Crippen molar-refractivity contribution >= 4 is 11.6 Å². The molecule has 1 saturated heterocycles. The number of aliphatic hydroxyl groups excluding tert-OH is 2. The van der Waals surface area contributed by atoms with Gasteiger partial charge in [-0.1, -0.05) is 11.6 Å². The molecule has 0 bridgehead atoms. The molecule has 1 aromatic rings. The molecule has 2 N–H and O–H groups in total. The summed E-state index contributed by atoms with van der Waals surface area (Å²) >= 11 is 5.91. The van der Waals surface area contributed by atoms with Crippen LogP contribution in [0.5, 0.6) is 5.75 Å². The Balaban J connectivity index is 1.71. The normalized spacial score (nSPS) is 18.4. The Labute approximate surface area is 137 Å². The fourth-order valence-electron chi connectivity index (χ4n) is 2.65. The van der Waals surface area contributed by atoms with Crippen LogP contribution in [-0.4, -0.2) is 78.6 Å². The summed E-state index contributed by atoms with van der Waals surface area (Å²) in [6.45, 7) is 7.46. The molecule has 2 rings (SSSR count). The maximum absolute atomic E-state index is 10.1. The number of hydrogen-bond donors (Lipinski definition) is 2. The van der Waals surface area contributed by atoms with Crippen LogP contribution in [0.1, 0.15) is 5.56 Å². The second-order valence-electron chi connectivity index (χ2n) is 5.74. The zero-order valence-electron chi connectivity index (χ0n) is 13.0. The minimum absolute atomic E-state index is 0.205. The van der Waals surface area contributed by atoms with Gasteiger partial charge in [0.05, 0.1) is 6.61 Å². The Morgan fingerprint density at radius 3 is 2.55 bits per heavy atom. The summed E-state index contributed by atoms with van der Waals surface area (Å²) in [5.74, 6) is 0.760. The number of hydrogen-bond acceptors (Lipinski definition) is 5. The van der Waals surface area contributed by atoms with Crippen molar-refractivity contribution in [3.63, 3.8) is 0 Å². The highest BCUT2D eigenvalue weighted by molar-refractivity contribution is 6.30. The van der Waals surface area contributed by atoms with E-state index in [-0.39, 0.29) is 13.2 Å². The van der Waals surface area contributed by atoms with Gasteiger partial charge in [0.1, 0.15) is 18.5 Å². The first kappa shape index (κ1) is 17.5. The molecule has 1 aliphatic rings. The van der Waals surface area contributed by atoms with Crippen LogP contribution in [0.4, 0.5) is 0 Å². The Morgan fingerprint density at radius 1 is 1.23 bits per heavy atom. The Hall–Kier alpha value is -0.850. The van der Waals surface area contributed by atoms with E-state index >= 15 is 0 Å². The zero-order chi connectivity index (χ0) is 15.9. The highest BCUT2D eigenvalue weighted by Gasteiger charge is 2.19. The van der Waals surface area contributed by atoms with Gasteiger partial charge in [-0.05, 0) is 30.7 Å². The third-order valence-electron chi connectivity index (χ3n) is 3.92. The first-order valence-electron chi connectivity index (χ1n) is 7.71. The van der Waals surface area contributed by atoms with E-state index in [1.54, 1.807) is 6.07 Å². The fourth-order valence-corrected chi connectivity index (χ4v) is 2.88. The van der Waals surface area contributed by atoms with Crippen LogP contribution in [0.25, 0.3) is 0 Å². The molecular weight excluding hydrogens is 304 g/mol. The third-order valence-corrected chi connectivity index (χ3v) is 4.15. The number of halogens is 1. The van der Waals surface area contributed by atoms with E-state index in [0.717, 1.165) is 44.0 Å². The van der Waals surface area contributed by atoms with Crippen molar-refractivity contribution in [3.05, 3.63) is 28.8 Å². The molecule has 22 heavy (non-hydrogen) atoms. The molecule has 0 amide bonds. The van der Waals surface area contributed by atoms with E-state index in [4.69, 9.17) is 21.4 Å². The predicted molar refractivity (Wildman–Crippen MR) is 87.7 cm³/mol. The van der Waals surface area contributed by atoms with Gasteiger partial charge in [-0.15, -0.1) is 0 Å². The maximum atomic E-state index is 10.1. The van der Waals surface area contributed by atoms with E-state index in [1.807, 2.05) is 19.1 Å². The van der Waals surface area contributed by atoms with Crippen LogP contribution in [0.15, 0.2) is 18.2 Å². The SMILES string of the molecule is Cc1cc(Cl)ccc1OCC(O)CN1CCN(CCO)CC1. The second-order valence-corrected chi connectivity index (χ2v) is 6.18. The molecule has 5 nitrogen and oxygen atoms in total. The van der Waals surface area contributed by atoms with Crippen LogP contribution >= 0.6 is 11.6 Å². The standard InChI is InChI=1S/C16H25ClN2O3/c1-13-10-14(17)2-3-16(13)22-12-15(21)11-19-6-4-18(5-7-19)8-9-20/h2-3,10,15,20-21H,4-9,11-12H2,1H3. The average Bonchev–Trinajstić information content (AvgIpc) is 2.49. The highest BCUT2D eigenvalue weighted by Crippen LogP contribution is 2.21. The molecule has 0 aliphatic carbocycles.